The molecule has 1 atom stereocenters. The van der Waals surface area contributed by atoms with E-state index in [1.807, 2.05) is 38.1 Å². The topological polar surface area (TPSA) is 92.3 Å². The zero-order valence-corrected chi connectivity index (χ0v) is 16.5. The van der Waals surface area contributed by atoms with Crippen molar-refractivity contribution in [3.63, 3.8) is 0 Å². The van der Waals surface area contributed by atoms with Crippen LogP contribution in [0.1, 0.15) is 25.0 Å². The number of carbonyl (C=O) groups is 2. The molecule has 27 heavy (non-hydrogen) atoms. The molecule has 1 unspecified atom stereocenters. The van der Waals surface area contributed by atoms with E-state index in [1.54, 1.807) is 24.3 Å². The lowest BCUT2D eigenvalue weighted by Gasteiger charge is -2.14. The summed E-state index contributed by atoms with van der Waals surface area (Å²) in [4.78, 5) is 24.3. The van der Waals surface area contributed by atoms with Gasteiger partial charge in [0.15, 0.2) is 9.84 Å². The molecule has 2 N–H and O–H groups in total. The Kier molecular flexibility index (Phi) is 6.74. The molecule has 144 valence electrons. The minimum atomic E-state index is -3.94. The van der Waals surface area contributed by atoms with Crippen molar-refractivity contribution in [3.8, 4) is 0 Å². The van der Waals surface area contributed by atoms with Gasteiger partial charge in [-0.05, 0) is 50.1 Å². The maximum Gasteiger partial charge on any atom is 0.242 e. The first-order valence-corrected chi connectivity index (χ1v) is 10.4. The fourth-order valence-electron chi connectivity index (χ4n) is 2.37. The Bertz CT molecular complexity index is 904. The van der Waals surface area contributed by atoms with Crippen molar-refractivity contribution in [1.82, 2.24) is 0 Å². The highest BCUT2D eigenvalue weighted by Crippen LogP contribution is 2.13. The van der Waals surface area contributed by atoms with E-state index >= 15 is 0 Å². The maximum atomic E-state index is 12.4. The Morgan fingerprint density at radius 1 is 0.926 bits per heavy atom. The molecule has 0 saturated heterocycles. The number of carbonyl (C=O) groups excluding carboxylic acids is 2. The van der Waals surface area contributed by atoms with E-state index in [-0.39, 0.29) is 0 Å². The summed E-state index contributed by atoms with van der Waals surface area (Å²) in [5.41, 5.74) is 3.16. The van der Waals surface area contributed by atoms with Crippen molar-refractivity contribution < 1.29 is 18.0 Å². The Balaban J connectivity index is 1.97. The number of anilines is 2. The van der Waals surface area contributed by atoms with Crippen LogP contribution in [-0.4, -0.2) is 31.2 Å². The van der Waals surface area contributed by atoms with E-state index in [1.165, 1.54) is 6.92 Å². The molecule has 0 aliphatic carbocycles. The fraction of sp³-hybridized carbons (Fsp3) is 0.300. The number of hydrogen-bond acceptors (Lipinski definition) is 4. The average molecular weight is 388 g/mol. The van der Waals surface area contributed by atoms with Crippen molar-refractivity contribution in [1.29, 1.82) is 0 Å². The van der Waals surface area contributed by atoms with Crippen LogP contribution in [0.5, 0.6) is 0 Å². The van der Waals surface area contributed by atoms with Gasteiger partial charge >= 0.3 is 0 Å². The molecule has 0 aromatic heterocycles. The van der Waals surface area contributed by atoms with E-state index in [2.05, 4.69) is 10.6 Å². The van der Waals surface area contributed by atoms with Crippen LogP contribution in [-0.2, 0) is 25.8 Å². The first-order chi connectivity index (χ1) is 12.7. The van der Waals surface area contributed by atoms with Crippen LogP contribution < -0.4 is 10.6 Å². The minimum absolute atomic E-state index is 0.508. The maximum absolute atomic E-state index is 12.4. The lowest BCUT2D eigenvalue weighted by Crippen LogP contribution is -2.37. The van der Waals surface area contributed by atoms with Gasteiger partial charge in [-0.1, -0.05) is 36.8 Å². The molecule has 2 aromatic rings. The van der Waals surface area contributed by atoms with Crippen molar-refractivity contribution in [2.45, 2.75) is 32.4 Å². The highest BCUT2D eigenvalue weighted by molar-refractivity contribution is 7.93. The standard InChI is InChI=1S/C20H24N2O4S/c1-4-16-7-11-18(12-8-16)22-20(24)15(3)27(25,26)13-19(23)21-17-9-5-14(2)6-10-17/h5-12,15H,4,13H2,1-3H3,(H,21,23)(H,22,24). The Morgan fingerprint density at radius 2 is 1.44 bits per heavy atom. The Morgan fingerprint density at radius 3 is 2.00 bits per heavy atom. The van der Waals surface area contributed by atoms with Crippen molar-refractivity contribution in [2.75, 3.05) is 16.4 Å². The molecule has 0 aliphatic heterocycles. The van der Waals surface area contributed by atoms with Gasteiger partial charge in [0.2, 0.25) is 11.8 Å². The lowest BCUT2D eigenvalue weighted by molar-refractivity contribution is -0.115. The molecular weight excluding hydrogens is 364 g/mol. The molecule has 0 radical (unpaired) electrons. The third-order valence-electron chi connectivity index (χ3n) is 4.21. The second kappa shape index (κ2) is 8.81. The molecule has 0 bridgehead atoms. The molecule has 0 fully saturated rings. The third-order valence-corrected chi connectivity index (χ3v) is 6.16. The van der Waals surface area contributed by atoms with Crippen LogP contribution in [0.3, 0.4) is 0 Å². The summed E-state index contributed by atoms with van der Waals surface area (Å²) in [5, 5.41) is 3.77. The summed E-state index contributed by atoms with van der Waals surface area (Å²) in [5.74, 6) is -2.10. The number of nitrogens with one attached hydrogen (secondary N) is 2. The summed E-state index contributed by atoms with van der Waals surface area (Å²) in [7, 11) is -3.94. The monoisotopic (exact) mass is 388 g/mol. The van der Waals surface area contributed by atoms with Crippen LogP contribution in [0.4, 0.5) is 11.4 Å². The first kappa shape index (κ1) is 20.6. The van der Waals surface area contributed by atoms with Gasteiger partial charge in [-0.15, -0.1) is 0 Å². The molecule has 0 saturated carbocycles. The second-order valence-corrected chi connectivity index (χ2v) is 8.72. The smallest absolute Gasteiger partial charge is 0.242 e. The second-order valence-electron chi connectivity index (χ2n) is 6.40. The van der Waals surface area contributed by atoms with Crippen LogP contribution >= 0.6 is 0 Å². The highest BCUT2D eigenvalue weighted by Gasteiger charge is 2.30. The number of benzene rings is 2. The number of rotatable bonds is 7. The molecule has 2 amide bonds. The predicted molar refractivity (Wildman–Crippen MR) is 108 cm³/mol. The summed E-state index contributed by atoms with van der Waals surface area (Å²) < 4.78 is 24.8. The third kappa shape index (κ3) is 5.92. The van der Waals surface area contributed by atoms with Crippen molar-refractivity contribution in [3.05, 3.63) is 59.7 Å². The zero-order valence-electron chi connectivity index (χ0n) is 15.7. The first-order valence-electron chi connectivity index (χ1n) is 8.69. The highest BCUT2D eigenvalue weighted by atomic mass is 32.2. The molecule has 2 aromatic carbocycles. The van der Waals surface area contributed by atoms with Crippen LogP contribution in [0.15, 0.2) is 48.5 Å². The fourth-order valence-corrected chi connectivity index (χ4v) is 3.45. The molecule has 0 spiro atoms. The molecule has 6 nitrogen and oxygen atoms in total. The Hall–Kier alpha value is -2.67. The molecule has 7 heteroatoms. The van der Waals surface area contributed by atoms with Crippen LogP contribution in [0.2, 0.25) is 0 Å². The summed E-state index contributed by atoms with van der Waals surface area (Å²) in [6.07, 6.45) is 0.870. The zero-order chi connectivity index (χ0) is 20.0. The van der Waals surface area contributed by atoms with Crippen molar-refractivity contribution in [2.24, 2.45) is 0 Å². The average Bonchev–Trinajstić information content (AvgIpc) is 2.63. The molecular formula is C20H24N2O4S. The van der Waals surface area contributed by atoms with E-state index in [9.17, 15) is 18.0 Å². The quantitative estimate of drug-likeness (QED) is 0.763. The van der Waals surface area contributed by atoms with E-state index in [0.29, 0.717) is 11.4 Å². The molecule has 0 heterocycles. The van der Waals surface area contributed by atoms with Crippen LogP contribution in [0.25, 0.3) is 0 Å². The van der Waals surface area contributed by atoms with Gasteiger partial charge in [0.05, 0.1) is 0 Å². The van der Waals surface area contributed by atoms with Gasteiger partial charge in [0.25, 0.3) is 0 Å². The molecule has 0 aliphatic rings. The molecule has 2 rings (SSSR count). The van der Waals surface area contributed by atoms with Gasteiger partial charge in [0.1, 0.15) is 11.0 Å². The van der Waals surface area contributed by atoms with E-state index in [4.69, 9.17) is 0 Å². The summed E-state index contributed by atoms with van der Waals surface area (Å²) in [6, 6.07) is 14.2. The summed E-state index contributed by atoms with van der Waals surface area (Å²) >= 11 is 0. The summed E-state index contributed by atoms with van der Waals surface area (Å²) in [6.45, 7) is 5.21. The Labute approximate surface area is 159 Å². The largest absolute Gasteiger partial charge is 0.325 e. The van der Waals surface area contributed by atoms with E-state index in [0.717, 1.165) is 17.5 Å². The predicted octanol–water partition coefficient (Wildman–Crippen LogP) is 2.94. The minimum Gasteiger partial charge on any atom is -0.325 e. The number of hydrogen-bond donors (Lipinski definition) is 2. The van der Waals surface area contributed by atoms with Gasteiger partial charge in [-0.25, -0.2) is 8.42 Å². The van der Waals surface area contributed by atoms with Gasteiger partial charge in [0, 0.05) is 11.4 Å². The van der Waals surface area contributed by atoms with E-state index < -0.39 is 32.7 Å². The SMILES string of the molecule is CCc1ccc(NC(=O)C(C)S(=O)(=O)CC(=O)Nc2ccc(C)cc2)cc1. The number of aryl methyl sites for hydroxylation is 2. The van der Waals surface area contributed by atoms with Crippen molar-refractivity contribution >= 4 is 33.0 Å². The number of sulfone groups is 1. The lowest BCUT2D eigenvalue weighted by atomic mass is 10.1. The van der Waals surface area contributed by atoms with Gasteiger partial charge < -0.3 is 10.6 Å². The normalized spacial score (nSPS) is 12.3. The van der Waals surface area contributed by atoms with Crippen LogP contribution in [0, 0.1) is 6.92 Å². The number of amides is 2. The van der Waals surface area contributed by atoms with Gasteiger partial charge in [-0.2, -0.15) is 0 Å². The van der Waals surface area contributed by atoms with Gasteiger partial charge in [-0.3, -0.25) is 9.59 Å².